The van der Waals surface area contributed by atoms with Gasteiger partial charge in [0.25, 0.3) is 0 Å². The van der Waals surface area contributed by atoms with Gasteiger partial charge in [-0.25, -0.2) is 4.98 Å². The van der Waals surface area contributed by atoms with E-state index in [9.17, 15) is 0 Å². The number of aromatic nitrogens is 1. The van der Waals surface area contributed by atoms with E-state index in [1.54, 1.807) is 0 Å². The molecule has 0 saturated carbocycles. The van der Waals surface area contributed by atoms with E-state index in [-0.39, 0.29) is 0 Å². The molecule has 4 aromatic rings. The Morgan fingerprint density at radius 1 is 0.600 bits per heavy atom. The van der Waals surface area contributed by atoms with Crippen LogP contribution in [0.2, 0.25) is 0 Å². The van der Waals surface area contributed by atoms with Crippen LogP contribution in [0.25, 0.3) is 0 Å². The molecule has 0 aliphatic carbocycles. The summed E-state index contributed by atoms with van der Waals surface area (Å²) in [4.78, 5) is 14.6. The zero-order valence-corrected chi connectivity index (χ0v) is 24.3. The molecule has 6 rings (SSSR count). The number of para-hydroxylation sites is 2. The maximum atomic E-state index is 4.78. The Labute approximate surface area is 239 Å². The van der Waals surface area contributed by atoms with E-state index in [1.165, 1.54) is 39.6 Å². The fraction of sp³-hybridized carbons (Fsp3) is 0.343. The molecular weight excluding hydrogens is 490 g/mol. The van der Waals surface area contributed by atoms with Crippen molar-refractivity contribution in [1.82, 2.24) is 4.98 Å². The van der Waals surface area contributed by atoms with Crippen LogP contribution in [0.1, 0.15) is 63.5 Å². The molecule has 0 radical (unpaired) electrons. The van der Waals surface area contributed by atoms with Crippen LogP contribution in [0, 0.1) is 0 Å². The quantitative estimate of drug-likeness (QED) is 0.201. The molecule has 0 atom stereocenters. The molecule has 0 fully saturated rings. The van der Waals surface area contributed by atoms with Gasteiger partial charge in [0.2, 0.25) is 0 Å². The first-order chi connectivity index (χ1) is 19.5. The van der Waals surface area contributed by atoms with E-state index < -0.39 is 0 Å². The lowest BCUT2D eigenvalue weighted by molar-refractivity contribution is 0.678. The highest BCUT2D eigenvalue weighted by Gasteiger charge is 2.29. The predicted molar refractivity (Wildman–Crippen MR) is 170 cm³/mol. The lowest BCUT2D eigenvalue weighted by Gasteiger charge is -2.24. The van der Waals surface area contributed by atoms with Crippen molar-refractivity contribution in [1.29, 1.82) is 0 Å². The molecule has 0 saturated heterocycles. The highest BCUT2D eigenvalue weighted by molar-refractivity contribution is 5.82. The third-order valence-electron chi connectivity index (χ3n) is 8.30. The monoisotopic (exact) mass is 531 g/mol. The van der Waals surface area contributed by atoms with Crippen molar-refractivity contribution in [2.75, 3.05) is 46.0 Å². The second-order valence-corrected chi connectivity index (χ2v) is 11.7. The van der Waals surface area contributed by atoms with Gasteiger partial charge in [0, 0.05) is 30.7 Å². The van der Waals surface area contributed by atoms with Gasteiger partial charge in [0.05, 0.1) is 30.4 Å². The summed E-state index contributed by atoms with van der Waals surface area (Å²) in [6.07, 6.45) is 4.19. The van der Waals surface area contributed by atoms with Crippen molar-refractivity contribution < 1.29 is 0 Å². The summed E-state index contributed by atoms with van der Waals surface area (Å²) in [6.45, 7) is 12.8. The molecule has 1 aromatic heterocycles. The molecule has 3 heterocycles. The van der Waals surface area contributed by atoms with Gasteiger partial charge in [-0.2, -0.15) is 0 Å². The minimum atomic E-state index is 0.507. The zero-order valence-electron chi connectivity index (χ0n) is 24.3. The SMILES string of the molecule is CC(C)c1cccc(N2CN(CCCCN3CN(c4cccc(C(C)C)c4)c4ncccc43)c3ccccc32)c1. The molecule has 0 bridgehead atoms. The summed E-state index contributed by atoms with van der Waals surface area (Å²) in [5.74, 6) is 2.10. The summed E-state index contributed by atoms with van der Waals surface area (Å²) in [6, 6.07) is 31.1. The van der Waals surface area contributed by atoms with Crippen LogP contribution in [0.5, 0.6) is 0 Å². The van der Waals surface area contributed by atoms with Crippen LogP contribution < -0.4 is 19.6 Å². The summed E-state index contributed by atoms with van der Waals surface area (Å²) in [5, 5.41) is 0. The highest BCUT2D eigenvalue weighted by atomic mass is 15.4. The summed E-state index contributed by atoms with van der Waals surface area (Å²) >= 11 is 0. The van der Waals surface area contributed by atoms with Crippen LogP contribution >= 0.6 is 0 Å². The average Bonchev–Trinajstić information content (AvgIpc) is 3.54. The van der Waals surface area contributed by atoms with Crippen molar-refractivity contribution >= 4 is 34.3 Å². The Morgan fingerprint density at radius 3 is 1.80 bits per heavy atom. The molecule has 0 amide bonds. The molecule has 3 aromatic carbocycles. The Kier molecular flexibility index (Phi) is 7.38. The first-order valence-corrected chi connectivity index (χ1v) is 14.8. The third-order valence-corrected chi connectivity index (χ3v) is 8.30. The Hall–Kier alpha value is -3.99. The van der Waals surface area contributed by atoms with Gasteiger partial charge in [-0.15, -0.1) is 0 Å². The highest BCUT2D eigenvalue weighted by Crippen LogP contribution is 2.42. The number of hydrogen-bond acceptors (Lipinski definition) is 5. The first-order valence-electron chi connectivity index (χ1n) is 14.8. The topological polar surface area (TPSA) is 25.9 Å². The molecule has 0 N–H and O–H groups in total. The largest absolute Gasteiger partial charge is 0.352 e. The minimum Gasteiger partial charge on any atom is -0.352 e. The van der Waals surface area contributed by atoms with Gasteiger partial charge in [0.15, 0.2) is 5.82 Å². The molecule has 0 spiro atoms. The van der Waals surface area contributed by atoms with E-state index >= 15 is 0 Å². The molecule has 5 nitrogen and oxygen atoms in total. The maximum Gasteiger partial charge on any atom is 0.158 e. The zero-order chi connectivity index (χ0) is 27.6. The van der Waals surface area contributed by atoms with Gasteiger partial charge in [-0.1, -0.05) is 64.1 Å². The van der Waals surface area contributed by atoms with Crippen LogP contribution in [-0.4, -0.2) is 31.4 Å². The standard InChI is InChI=1S/C35H41N5/c1-26(2)28-12-9-14-30(22-28)39-24-37(32-16-5-6-17-33(32)39)20-7-8-21-38-25-40(35-34(38)18-11-19-36-35)31-15-10-13-29(23-31)27(3)4/h5-6,9-19,22-23,26-27H,7-8,20-21,24-25H2,1-4H3. The molecule has 40 heavy (non-hydrogen) atoms. The number of benzene rings is 3. The number of pyridine rings is 1. The molecule has 2 aliphatic rings. The normalized spacial score (nSPS) is 14.4. The van der Waals surface area contributed by atoms with E-state index in [2.05, 4.69) is 132 Å². The third kappa shape index (κ3) is 5.13. The van der Waals surface area contributed by atoms with Crippen LogP contribution in [0.4, 0.5) is 34.3 Å². The van der Waals surface area contributed by atoms with E-state index in [1.807, 2.05) is 6.20 Å². The van der Waals surface area contributed by atoms with Gasteiger partial charge in [0.1, 0.15) is 0 Å². The van der Waals surface area contributed by atoms with Gasteiger partial charge < -0.3 is 19.6 Å². The Morgan fingerprint density at radius 2 is 1.15 bits per heavy atom. The minimum absolute atomic E-state index is 0.507. The van der Waals surface area contributed by atoms with Crippen LogP contribution in [0.3, 0.4) is 0 Å². The van der Waals surface area contributed by atoms with Crippen molar-refractivity contribution in [2.45, 2.75) is 52.4 Å². The first kappa shape index (κ1) is 26.2. The van der Waals surface area contributed by atoms with Crippen molar-refractivity contribution in [3.63, 3.8) is 0 Å². The summed E-state index contributed by atoms with van der Waals surface area (Å²) in [7, 11) is 0. The lowest BCUT2D eigenvalue weighted by atomic mass is 10.0. The van der Waals surface area contributed by atoms with Gasteiger partial charge in [-0.05, 0) is 84.3 Å². The Balaban J connectivity index is 1.11. The Bertz CT molecular complexity index is 1350. The number of nitrogens with zero attached hydrogens (tertiary/aromatic N) is 5. The summed E-state index contributed by atoms with van der Waals surface area (Å²) in [5.41, 5.74) is 9.14. The van der Waals surface area contributed by atoms with E-state index in [0.29, 0.717) is 11.8 Å². The van der Waals surface area contributed by atoms with Crippen molar-refractivity contribution in [2.24, 2.45) is 0 Å². The maximum absolute atomic E-state index is 4.78. The lowest BCUT2D eigenvalue weighted by Crippen LogP contribution is -2.31. The molecule has 206 valence electrons. The number of hydrogen-bond donors (Lipinski definition) is 0. The number of rotatable bonds is 9. The second-order valence-electron chi connectivity index (χ2n) is 11.7. The number of fused-ring (bicyclic) bond motifs is 2. The van der Waals surface area contributed by atoms with Crippen molar-refractivity contribution in [3.8, 4) is 0 Å². The second kappa shape index (κ2) is 11.2. The van der Waals surface area contributed by atoms with Gasteiger partial charge >= 0.3 is 0 Å². The van der Waals surface area contributed by atoms with Gasteiger partial charge in [-0.3, -0.25) is 0 Å². The van der Waals surface area contributed by atoms with Crippen LogP contribution in [0.15, 0.2) is 91.1 Å². The fourth-order valence-electron chi connectivity index (χ4n) is 5.96. The fourth-order valence-corrected chi connectivity index (χ4v) is 5.96. The molecule has 0 unspecified atom stereocenters. The number of anilines is 6. The smallest absolute Gasteiger partial charge is 0.158 e. The van der Waals surface area contributed by atoms with E-state index in [0.717, 1.165) is 45.1 Å². The molecule has 5 heteroatoms. The molecule has 2 aliphatic heterocycles. The van der Waals surface area contributed by atoms with Crippen LogP contribution in [-0.2, 0) is 0 Å². The number of unbranched alkanes of at least 4 members (excludes halogenated alkanes) is 1. The average molecular weight is 532 g/mol. The molecular formula is C35H41N5. The summed E-state index contributed by atoms with van der Waals surface area (Å²) < 4.78 is 0. The van der Waals surface area contributed by atoms with E-state index in [4.69, 9.17) is 4.98 Å². The van der Waals surface area contributed by atoms with Crippen molar-refractivity contribution in [3.05, 3.63) is 102 Å². The predicted octanol–water partition coefficient (Wildman–Crippen LogP) is 8.64.